The standard InChI is InChI=1S/C28H34O16/c1-15(2)27(35)41-11-17(29)9-37-21(31)5-7-23(33)43-19-13-39-26-20(14-40-25(19)26)44-24(34)8-6-22(32)38-10-18(30)12-42-28(36)16(3)4/h5-8,17-20,25-26,29-30H,1,3,9-14H2,2,4H3. The van der Waals surface area contributed by atoms with Crippen molar-refractivity contribution in [1.82, 2.24) is 0 Å². The summed E-state index contributed by atoms with van der Waals surface area (Å²) in [7, 11) is 0. The summed E-state index contributed by atoms with van der Waals surface area (Å²) in [5.41, 5.74) is 0.276. The van der Waals surface area contributed by atoms with E-state index in [-0.39, 0.29) is 24.4 Å². The number of carbonyl (C=O) groups excluding carboxylic acids is 6. The Morgan fingerprint density at radius 1 is 0.636 bits per heavy atom. The molecule has 44 heavy (non-hydrogen) atoms. The van der Waals surface area contributed by atoms with Gasteiger partial charge in [-0.1, -0.05) is 13.2 Å². The summed E-state index contributed by atoms with van der Waals surface area (Å²) in [5.74, 6) is -5.19. The second-order valence-corrected chi connectivity index (χ2v) is 9.54. The lowest BCUT2D eigenvalue weighted by atomic mass is 10.1. The predicted octanol–water partition coefficient (Wildman–Crippen LogP) is -1.23. The van der Waals surface area contributed by atoms with Crippen LogP contribution in [0.5, 0.6) is 0 Å². The maximum atomic E-state index is 12.1. The van der Waals surface area contributed by atoms with Gasteiger partial charge in [-0.05, 0) is 13.8 Å². The summed E-state index contributed by atoms with van der Waals surface area (Å²) in [5, 5.41) is 19.4. The molecule has 0 spiro atoms. The number of aliphatic hydroxyl groups excluding tert-OH is 2. The summed E-state index contributed by atoms with van der Waals surface area (Å²) in [6, 6.07) is 0. The van der Waals surface area contributed by atoms with Gasteiger partial charge in [-0.3, -0.25) is 0 Å². The van der Waals surface area contributed by atoms with E-state index in [1.165, 1.54) is 13.8 Å². The van der Waals surface area contributed by atoms with Crippen LogP contribution in [0.15, 0.2) is 48.6 Å². The maximum Gasteiger partial charge on any atom is 0.333 e. The monoisotopic (exact) mass is 626 g/mol. The number of hydrogen-bond acceptors (Lipinski definition) is 16. The fourth-order valence-electron chi connectivity index (χ4n) is 3.42. The van der Waals surface area contributed by atoms with Crippen molar-refractivity contribution in [3.8, 4) is 0 Å². The molecule has 0 bridgehead atoms. The molecule has 2 aliphatic heterocycles. The van der Waals surface area contributed by atoms with Crippen LogP contribution in [0.4, 0.5) is 0 Å². The van der Waals surface area contributed by atoms with Gasteiger partial charge >= 0.3 is 35.8 Å². The molecule has 0 aromatic rings. The Kier molecular flexibility index (Phi) is 14.4. The Morgan fingerprint density at radius 2 is 0.955 bits per heavy atom. The highest BCUT2D eigenvalue weighted by atomic mass is 16.7. The topological polar surface area (TPSA) is 217 Å². The van der Waals surface area contributed by atoms with Crippen molar-refractivity contribution in [1.29, 1.82) is 0 Å². The van der Waals surface area contributed by atoms with Gasteiger partial charge in [0.05, 0.1) is 13.2 Å². The van der Waals surface area contributed by atoms with Gasteiger partial charge in [-0.15, -0.1) is 0 Å². The van der Waals surface area contributed by atoms with Gasteiger partial charge in [0.2, 0.25) is 0 Å². The summed E-state index contributed by atoms with van der Waals surface area (Å²) in [6.07, 6.45) is -2.73. The van der Waals surface area contributed by atoms with E-state index in [1.807, 2.05) is 0 Å². The molecule has 0 amide bonds. The van der Waals surface area contributed by atoms with Crippen molar-refractivity contribution in [2.75, 3.05) is 39.6 Å². The summed E-state index contributed by atoms with van der Waals surface area (Å²) < 4.78 is 40.5. The zero-order valence-corrected chi connectivity index (χ0v) is 24.0. The molecule has 0 aromatic heterocycles. The quantitative estimate of drug-likeness (QED) is 0.116. The van der Waals surface area contributed by atoms with Gasteiger partial charge < -0.3 is 48.1 Å². The van der Waals surface area contributed by atoms with E-state index in [1.54, 1.807) is 0 Å². The lowest BCUT2D eigenvalue weighted by Crippen LogP contribution is -2.35. The molecule has 0 aliphatic carbocycles. The molecule has 6 unspecified atom stereocenters. The number of rotatable bonds is 16. The third kappa shape index (κ3) is 12.5. The van der Waals surface area contributed by atoms with Crippen LogP contribution in [0.3, 0.4) is 0 Å². The van der Waals surface area contributed by atoms with Crippen LogP contribution in [-0.4, -0.2) is 122 Å². The molecule has 0 radical (unpaired) electrons. The Balaban J connectivity index is 1.69. The van der Waals surface area contributed by atoms with Gasteiger partial charge in [-0.2, -0.15) is 0 Å². The van der Waals surface area contributed by atoms with Crippen molar-refractivity contribution < 1.29 is 76.9 Å². The Bertz CT molecular complexity index is 1080. The molecular formula is C28H34O16. The molecular weight excluding hydrogens is 592 g/mol. The number of aliphatic hydroxyl groups is 2. The summed E-state index contributed by atoms with van der Waals surface area (Å²) >= 11 is 0. The van der Waals surface area contributed by atoms with E-state index >= 15 is 0 Å². The lowest BCUT2D eigenvalue weighted by Gasteiger charge is -2.16. The first-order chi connectivity index (χ1) is 20.8. The Morgan fingerprint density at radius 3 is 1.30 bits per heavy atom. The average Bonchev–Trinajstić information content (AvgIpc) is 3.56. The van der Waals surface area contributed by atoms with E-state index < -0.39 is 98.9 Å². The van der Waals surface area contributed by atoms with Crippen molar-refractivity contribution in [2.45, 2.75) is 50.5 Å². The molecule has 0 aromatic carbocycles. The molecule has 2 rings (SSSR count). The zero-order chi connectivity index (χ0) is 32.8. The Hall–Kier alpha value is -4.38. The van der Waals surface area contributed by atoms with Gasteiger partial charge in [0.15, 0.2) is 12.2 Å². The van der Waals surface area contributed by atoms with Crippen LogP contribution in [0.25, 0.3) is 0 Å². The minimum Gasteiger partial charge on any atom is -0.460 e. The van der Waals surface area contributed by atoms with E-state index in [0.717, 1.165) is 24.3 Å². The zero-order valence-electron chi connectivity index (χ0n) is 24.0. The Labute approximate surface area is 251 Å². The highest BCUT2D eigenvalue weighted by molar-refractivity contribution is 5.92. The van der Waals surface area contributed by atoms with Crippen molar-refractivity contribution in [2.24, 2.45) is 0 Å². The molecule has 6 atom stereocenters. The molecule has 2 heterocycles. The first kappa shape index (κ1) is 35.8. The molecule has 2 saturated heterocycles. The van der Waals surface area contributed by atoms with Gasteiger partial charge in [0.25, 0.3) is 0 Å². The van der Waals surface area contributed by atoms with Crippen LogP contribution in [-0.2, 0) is 66.7 Å². The van der Waals surface area contributed by atoms with Crippen molar-refractivity contribution in [3.63, 3.8) is 0 Å². The van der Waals surface area contributed by atoms with Crippen LogP contribution in [0.2, 0.25) is 0 Å². The highest BCUT2D eigenvalue weighted by Crippen LogP contribution is 2.30. The minimum absolute atomic E-state index is 0.0886. The lowest BCUT2D eigenvalue weighted by molar-refractivity contribution is -0.151. The minimum atomic E-state index is -1.29. The molecule has 242 valence electrons. The van der Waals surface area contributed by atoms with Crippen LogP contribution in [0.1, 0.15) is 13.8 Å². The molecule has 16 heteroatoms. The molecule has 2 fully saturated rings. The maximum absolute atomic E-state index is 12.1. The normalized spacial score (nSPS) is 22.0. The van der Waals surface area contributed by atoms with E-state index in [2.05, 4.69) is 13.2 Å². The fourth-order valence-corrected chi connectivity index (χ4v) is 3.42. The predicted molar refractivity (Wildman–Crippen MR) is 143 cm³/mol. The van der Waals surface area contributed by atoms with E-state index in [0.29, 0.717) is 0 Å². The SMILES string of the molecule is C=C(C)C(=O)OCC(O)COC(=O)C=CC(=O)OC1COC2C(OC(=O)C=CC(=O)OCC(O)COC(=O)C(=C)C)COC12. The van der Waals surface area contributed by atoms with Crippen molar-refractivity contribution in [3.05, 3.63) is 48.6 Å². The van der Waals surface area contributed by atoms with Gasteiger partial charge in [0.1, 0.15) is 50.8 Å². The van der Waals surface area contributed by atoms with Crippen molar-refractivity contribution >= 4 is 35.8 Å². The molecule has 0 saturated carbocycles. The second kappa shape index (κ2) is 17.7. The number of fused-ring (bicyclic) bond motifs is 1. The van der Waals surface area contributed by atoms with Crippen LogP contribution < -0.4 is 0 Å². The third-order valence-electron chi connectivity index (χ3n) is 5.56. The fraction of sp³-hybridized carbons (Fsp3) is 0.500. The molecule has 2 N–H and O–H groups in total. The summed E-state index contributed by atoms with van der Waals surface area (Å²) in [4.78, 5) is 70.4. The number of esters is 6. The smallest absolute Gasteiger partial charge is 0.333 e. The van der Waals surface area contributed by atoms with Crippen LogP contribution >= 0.6 is 0 Å². The molecule has 2 aliphatic rings. The van der Waals surface area contributed by atoms with E-state index in [9.17, 15) is 39.0 Å². The third-order valence-corrected chi connectivity index (χ3v) is 5.56. The van der Waals surface area contributed by atoms with Crippen LogP contribution in [0, 0.1) is 0 Å². The van der Waals surface area contributed by atoms with Gasteiger partial charge in [0, 0.05) is 35.5 Å². The highest BCUT2D eigenvalue weighted by Gasteiger charge is 2.51. The average molecular weight is 627 g/mol. The van der Waals surface area contributed by atoms with Gasteiger partial charge in [-0.25, -0.2) is 28.8 Å². The second-order valence-electron chi connectivity index (χ2n) is 9.54. The number of ether oxygens (including phenoxy) is 8. The first-order valence-corrected chi connectivity index (χ1v) is 13.1. The van der Waals surface area contributed by atoms with E-state index in [4.69, 9.17) is 37.9 Å². The largest absolute Gasteiger partial charge is 0.460 e. The number of carbonyl (C=O) groups is 6. The molecule has 16 nitrogen and oxygen atoms in total. The first-order valence-electron chi connectivity index (χ1n) is 13.1. The summed E-state index contributed by atoms with van der Waals surface area (Å²) in [6.45, 7) is 7.62. The number of hydrogen-bond donors (Lipinski definition) is 2.